The maximum Gasteiger partial charge on any atom is 0.264 e. The summed E-state index contributed by atoms with van der Waals surface area (Å²) >= 11 is 18.2. The van der Waals surface area contributed by atoms with Crippen molar-refractivity contribution in [2.24, 2.45) is 0 Å². The molecule has 3 aromatic carbocycles. The van der Waals surface area contributed by atoms with Crippen molar-refractivity contribution < 1.29 is 18.0 Å². The van der Waals surface area contributed by atoms with Crippen molar-refractivity contribution in [2.75, 3.05) is 17.4 Å². The van der Waals surface area contributed by atoms with E-state index in [1.807, 2.05) is 0 Å². The van der Waals surface area contributed by atoms with Crippen LogP contribution in [0.2, 0.25) is 15.1 Å². The third-order valence-corrected chi connectivity index (χ3v) is 8.58. The molecule has 0 saturated heterocycles. The Labute approximate surface area is 238 Å². The van der Waals surface area contributed by atoms with E-state index in [9.17, 15) is 18.0 Å². The lowest BCUT2D eigenvalue weighted by molar-refractivity contribution is -0.140. The van der Waals surface area contributed by atoms with Crippen LogP contribution in [-0.2, 0) is 26.2 Å². The molecule has 0 aromatic heterocycles. The third kappa shape index (κ3) is 7.20. The molecule has 202 valence electrons. The van der Waals surface area contributed by atoms with E-state index >= 15 is 0 Å². The van der Waals surface area contributed by atoms with Crippen LogP contribution in [0, 0.1) is 0 Å². The van der Waals surface area contributed by atoms with Gasteiger partial charge in [-0.3, -0.25) is 13.9 Å². The predicted molar refractivity (Wildman–Crippen MR) is 152 cm³/mol. The Bertz CT molecular complexity index is 1370. The highest BCUT2D eigenvalue weighted by atomic mass is 35.5. The first-order chi connectivity index (χ1) is 18.1. The van der Waals surface area contributed by atoms with Crippen molar-refractivity contribution in [3.8, 4) is 0 Å². The number of sulfonamides is 1. The first kappa shape index (κ1) is 29.8. The lowest BCUT2D eigenvalue weighted by atomic mass is 10.1. The summed E-state index contributed by atoms with van der Waals surface area (Å²) in [6, 6.07) is 18.1. The number of nitrogens with one attached hydrogen (secondary N) is 1. The summed E-state index contributed by atoms with van der Waals surface area (Å²) in [6.07, 6.45) is 0.314. The Balaban J connectivity index is 2.04. The number of amides is 2. The van der Waals surface area contributed by atoms with Crippen LogP contribution in [0.4, 0.5) is 5.69 Å². The molecule has 0 spiro atoms. The van der Waals surface area contributed by atoms with E-state index in [4.69, 9.17) is 34.8 Å². The second-order valence-corrected chi connectivity index (χ2v) is 11.5. The van der Waals surface area contributed by atoms with Gasteiger partial charge in [-0.1, -0.05) is 66.0 Å². The number of rotatable bonds is 11. The molecular formula is C27H28Cl3N3O4S. The number of benzene rings is 3. The van der Waals surface area contributed by atoms with E-state index in [0.29, 0.717) is 39.3 Å². The minimum atomic E-state index is -4.16. The largest absolute Gasteiger partial charge is 0.355 e. The molecule has 38 heavy (non-hydrogen) atoms. The topological polar surface area (TPSA) is 86.8 Å². The maximum absolute atomic E-state index is 13.9. The van der Waals surface area contributed by atoms with Crippen molar-refractivity contribution in [2.45, 2.75) is 37.8 Å². The zero-order chi connectivity index (χ0) is 27.9. The average Bonchev–Trinajstić information content (AvgIpc) is 2.90. The smallest absolute Gasteiger partial charge is 0.264 e. The first-order valence-electron chi connectivity index (χ1n) is 11.9. The minimum Gasteiger partial charge on any atom is -0.355 e. The van der Waals surface area contributed by atoms with Gasteiger partial charge in [0.25, 0.3) is 10.0 Å². The van der Waals surface area contributed by atoms with Gasteiger partial charge >= 0.3 is 0 Å². The number of nitrogens with zero attached hydrogens (tertiary/aromatic N) is 2. The van der Waals surface area contributed by atoms with Crippen LogP contribution in [0.25, 0.3) is 0 Å². The molecule has 3 rings (SSSR count). The summed E-state index contributed by atoms with van der Waals surface area (Å²) in [6.45, 7) is 3.44. The zero-order valence-electron chi connectivity index (χ0n) is 20.9. The van der Waals surface area contributed by atoms with E-state index in [2.05, 4.69) is 5.32 Å². The van der Waals surface area contributed by atoms with Gasteiger partial charge in [-0.15, -0.1) is 0 Å². The fourth-order valence-electron chi connectivity index (χ4n) is 3.90. The molecule has 0 radical (unpaired) electrons. The summed E-state index contributed by atoms with van der Waals surface area (Å²) in [7, 11) is -4.16. The Morgan fingerprint density at radius 2 is 1.55 bits per heavy atom. The van der Waals surface area contributed by atoms with Crippen LogP contribution in [0.1, 0.15) is 25.8 Å². The summed E-state index contributed by atoms with van der Waals surface area (Å²) in [5.41, 5.74) is 0.943. The molecule has 2 amide bonds. The maximum atomic E-state index is 13.9. The van der Waals surface area contributed by atoms with Crippen molar-refractivity contribution in [3.05, 3.63) is 93.4 Å². The molecule has 7 nitrogen and oxygen atoms in total. The molecule has 0 fully saturated rings. The highest BCUT2D eigenvalue weighted by Gasteiger charge is 2.33. The van der Waals surface area contributed by atoms with Crippen LogP contribution < -0.4 is 9.62 Å². The van der Waals surface area contributed by atoms with E-state index in [0.717, 1.165) is 4.31 Å². The number of hydrogen-bond donors (Lipinski definition) is 1. The van der Waals surface area contributed by atoms with Crippen LogP contribution >= 0.6 is 34.8 Å². The zero-order valence-corrected chi connectivity index (χ0v) is 24.0. The minimum absolute atomic E-state index is 0.0228. The molecule has 1 atom stereocenters. The molecule has 0 aliphatic carbocycles. The molecule has 1 N–H and O–H groups in total. The number of halogens is 3. The van der Waals surface area contributed by atoms with Gasteiger partial charge < -0.3 is 10.2 Å². The van der Waals surface area contributed by atoms with Crippen molar-refractivity contribution in [3.63, 3.8) is 0 Å². The molecule has 0 saturated carbocycles. The van der Waals surface area contributed by atoms with Gasteiger partial charge in [-0.2, -0.15) is 0 Å². The Kier molecular flexibility index (Phi) is 10.4. The molecular weight excluding hydrogens is 569 g/mol. The van der Waals surface area contributed by atoms with Gasteiger partial charge in [0.05, 0.1) is 20.6 Å². The van der Waals surface area contributed by atoms with Crippen molar-refractivity contribution in [1.82, 2.24) is 10.2 Å². The van der Waals surface area contributed by atoms with Gasteiger partial charge in [-0.25, -0.2) is 8.42 Å². The average molecular weight is 597 g/mol. The van der Waals surface area contributed by atoms with E-state index < -0.39 is 28.5 Å². The van der Waals surface area contributed by atoms with Crippen LogP contribution in [-0.4, -0.2) is 44.3 Å². The third-order valence-electron chi connectivity index (χ3n) is 5.80. The normalized spacial score (nSPS) is 12.0. The molecule has 0 aliphatic rings. The SMILES string of the molecule is CCNC(=O)[C@@H](CC)N(Cc1ccc(Cl)c(Cl)c1)C(=O)CN(c1ccccc1)S(=O)(=O)c1ccc(Cl)cc1. The molecule has 0 unspecified atom stereocenters. The lowest BCUT2D eigenvalue weighted by Gasteiger charge is -2.33. The van der Waals surface area contributed by atoms with Crippen molar-refractivity contribution in [1.29, 1.82) is 0 Å². The fraction of sp³-hybridized carbons (Fsp3) is 0.259. The van der Waals surface area contributed by atoms with Crippen molar-refractivity contribution >= 4 is 62.3 Å². The highest BCUT2D eigenvalue weighted by Crippen LogP contribution is 2.27. The molecule has 3 aromatic rings. The quantitative estimate of drug-likeness (QED) is 0.304. The second kappa shape index (κ2) is 13.3. The number of likely N-dealkylation sites (N-methyl/N-ethyl adjacent to an activating group) is 1. The number of hydrogen-bond acceptors (Lipinski definition) is 4. The van der Waals surface area contributed by atoms with Crippen LogP contribution in [0.5, 0.6) is 0 Å². The Morgan fingerprint density at radius 1 is 0.895 bits per heavy atom. The Morgan fingerprint density at radius 3 is 2.13 bits per heavy atom. The first-order valence-corrected chi connectivity index (χ1v) is 14.5. The summed E-state index contributed by atoms with van der Waals surface area (Å²) in [5.74, 6) is -0.897. The van der Waals surface area contributed by atoms with E-state index in [-0.39, 0.29) is 17.3 Å². The van der Waals surface area contributed by atoms with Gasteiger partial charge in [0, 0.05) is 18.1 Å². The Hall–Kier alpha value is -2.78. The van der Waals surface area contributed by atoms with Gasteiger partial charge in [0.15, 0.2) is 0 Å². The van der Waals surface area contributed by atoms with Gasteiger partial charge in [-0.05, 0) is 67.4 Å². The molecule has 11 heteroatoms. The van der Waals surface area contributed by atoms with Gasteiger partial charge in [0.2, 0.25) is 11.8 Å². The molecule has 0 heterocycles. The second-order valence-electron chi connectivity index (χ2n) is 8.39. The van der Waals surface area contributed by atoms with E-state index in [1.54, 1.807) is 62.4 Å². The van der Waals surface area contributed by atoms with E-state index in [1.165, 1.54) is 29.2 Å². The summed E-state index contributed by atoms with van der Waals surface area (Å²) in [5, 5.41) is 3.80. The molecule has 0 aliphatic heterocycles. The molecule has 0 bridgehead atoms. The monoisotopic (exact) mass is 595 g/mol. The number of anilines is 1. The number of carbonyl (C=O) groups excluding carboxylic acids is 2. The highest BCUT2D eigenvalue weighted by molar-refractivity contribution is 7.92. The number of carbonyl (C=O) groups is 2. The summed E-state index contributed by atoms with van der Waals surface area (Å²) < 4.78 is 28.5. The fourth-order valence-corrected chi connectivity index (χ4v) is 5.76. The van der Waals surface area contributed by atoms with Crippen LogP contribution in [0.15, 0.2) is 77.7 Å². The number of para-hydroxylation sites is 1. The summed E-state index contributed by atoms with van der Waals surface area (Å²) in [4.78, 5) is 28.2. The van der Waals surface area contributed by atoms with Gasteiger partial charge in [0.1, 0.15) is 12.6 Å². The lowest BCUT2D eigenvalue weighted by Crippen LogP contribution is -2.52. The van der Waals surface area contributed by atoms with Crippen LogP contribution in [0.3, 0.4) is 0 Å². The predicted octanol–water partition coefficient (Wildman–Crippen LogP) is 5.79. The standard InChI is InChI=1S/C27H28Cl3N3O4S/c1-3-25(27(35)31-4-2)32(17-19-10-15-23(29)24(30)16-19)26(34)18-33(21-8-6-5-7-9-21)38(36,37)22-13-11-20(28)12-14-22/h5-16,25H,3-4,17-18H2,1-2H3,(H,31,35)/t25-/m1/s1.